The van der Waals surface area contributed by atoms with Crippen LogP contribution in [0.4, 0.5) is 0 Å². The fourth-order valence-electron chi connectivity index (χ4n) is 0.782. The van der Waals surface area contributed by atoms with Gasteiger partial charge in [-0.2, -0.15) is 0 Å². The number of halogens is 2. The molecule has 0 aliphatic rings. The molecule has 0 spiro atoms. The third-order valence-corrected chi connectivity index (χ3v) is 3.84. The zero-order valence-corrected chi connectivity index (χ0v) is 15.3. The Hall–Kier alpha value is -0.930. The molecular formula is C10H17Cl2N2O8P. The highest BCUT2D eigenvalue weighted by molar-refractivity contribution is 7.48. The van der Waals surface area contributed by atoms with E-state index in [4.69, 9.17) is 32.2 Å². The lowest BCUT2D eigenvalue weighted by Gasteiger charge is -2.22. The zero-order valence-electron chi connectivity index (χ0n) is 12.9. The first-order valence-corrected chi connectivity index (χ1v) is 8.31. The third-order valence-electron chi connectivity index (χ3n) is 2.41. The summed E-state index contributed by atoms with van der Waals surface area (Å²) in [4.78, 5) is 20.3. The van der Waals surface area contributed by atoms with E-state index in [1.807, 2.05) is 0 Å². The van der Waals surface area contributed by atoms with Crippen LogP contribution in [0, 0.1) is 20.2 Å². The monoisotopic (exact) mass is 394 g/mol. The number of rotatable bonds is 10. The topological polar surface area (TPSA) is 131 Å². The van der Waals surface area contributed by atoms with Crippen molar-refractivity contribution in [1.82, 2.24) is 0 Å². The second-order valence-corrected chi connectivity index (χ2v) is 8.28. The lowest BCUT2D eigenvalue weighted by Crippen LogP contribution is -2.37. The summed E-state index contributed by atoms with van der Waals surface area (Å²) in [5.74, 6) is 0. The van der Waals surface area contributed by atoms with Crippen molar-refractivity contribution in [3.05, 3.63) is 31.0 Å². The van der Waals surface area contributed by atoms with Crippen LogP contribution in [0.3, 0.4) is 0 Å². The van der Waals surface area contributed by atoms with Gasteiger partial charge in [-0.15, -0.1) is 0 Å². The maximum absolute atomic E-state index is 12.4. The van der Waals surface area contributed by atoms with E-state index >= 15 is 0 Å². The molecule has 23 heavy (non-hydrogen) atoms. The van der Waals surface area contributed by atoms with E-state index in [0.717, 1.165) is 0 Å². The molecular weight excluding hydrogens is 378 g/mol. The molecule has 0 aromatic carbocycles. The number of nitrogens with zero attached hydrogens (tertiary/aromatic N) is 2. The van der Waals surface area contributed by atoms with Crippen LogP contribution in [-0.4, -0.2) is 34.1 Å². The van der Waals surface area contributed by atoms with E-state index < -0.39 is 46.5 Å². The van der Waals surface area contributed by atoms with E-state index in [-0.39, 0.29) is 0 Å². The van der Waals surface area contributed by atoms with Crippen LogP contribution in [-0.2, 0) is 18.1 Å². The predicted octanol–water partition coefficient (Wildman–Crippen LogP) is 3.53. The van der Waals surface area contributed by atoms with Gasteiger partial charge in [-0.25, -0.2) is 4.57 Å². The Labute approximate surface area is 142 Å². The average Bonchev–Trinajstić information content (AvgIpc) is 2.41. The van der Waals surface area contributed by atoms with Gasteiger partial charge in [0.25, 0.3) is 0 Å². The molecule has 0 aromatic rings. The maximum Gasteiger partial charge on any atom is 0.530 e. The Bertz CT molecular complexity index is 499. The molecule has 0 aliphatic carbocycles. The Balaban J connectivity index is 5.11. The van der Waals surface area contributed by atoms with Crippen molar-refractivity contribution in [3.63, 3.8) is 0 Å². The van der Waals surface area contributed by atoms with Crippen molar-refractivity contribution >= 4 is 31.0 Å². The fourth-order valence-corrected chi connectivity index (χ4v) is 2.37. The van der Waals surface area contributed by atoms with Crippen LogP contribution in [0.2, 0.25) is 0 Å². The van der Waals surface area contributed by atoms with Crippen molar-refractivity contribution in [2.45, 2.75) is 38.8 Å². The largest absolute Gasteiger partial charge is 0.530 e. The molecule has 0 N–H and O–H groups in total. The summed E-state index contributed by atoms with van der Waals surface area (Å²) in [6, 6.07) is 0. The minimum Gasteiger partial charge on any atom is -0.409 e. The van der Waals surface area contributed by atoms with Crippen molar-refractivity contribution < 1.29 is 28.0 Å². The fraction of sp³-hybridized carbons (Fsp3) is 0.800. The number of phosphoric acid groups is 1. The van der Waals surface area contributed by atoms with Gasteiger partial charge >= 0.3 is 7.82 Å². The SMILES string of the molecule is CC(C)(COP(=O)(OC=C(Cl)Cl)OCC(C)(C)[N+](=O)[O-])[N+](=O)[O-]. The molecule has 0 rings (SSSR count). The summed E-state index contributed by atoms with van der Waals surface area (Å²) in [7, 11) is -4.40. The van der Waals surface area contributed by atoms with Crippen LogP contribution in [0.15, 0.2) is 10.8 Å². The van der Waals surface area contributed by atoms with Crippen molar-refractivity contribution in [1.29, 1.82) is 0 Å². The van der Waals surface area contributed by atoms with E-state index in [1.165, 1.54) is 27.7 Å². The Morgan fingerprint density at radius 1 is 1.04 bits per heavy atom. The molecule has 0 bridgehead atoms. The highest BCUT2D eigenvalue weighted by Gasteiger charge is 2.41. The van der Waals surface area contributed by atoms with Gasteiger partial charge in [0.1, 0.15) is 24.0 Å². The lowest BCUT2D eigenvalue weighted by molar-refractivity contribution is -0.564. The molecule has 0 unspecified atom stereocenters. The normalized spacial score (nSPS) is 12.6. The highest BCUT2D eigenvalue weighted by atomic mass is 35.5. The predicted molar refractivity (Wildman–Crippen MR) is 82.5 cm³/mol. The first-order valence-electron chi connectivity index (χ1n) is 6.09. The molecule has 0 saturated heterocycles. The van der Waals surface area contributed by atoms with Crippen LogP contribution < -0.4 is 0 Å². The van der Waals surface area contributed by atoms with Gasteiger partial charge in [0.05, 0.1) is 0 Å². The van der Waals surface area contributed by atoms with Gasteiger partial charge in [-0.1, -0.05) is 23.2 Å². The summed E-state index contributed by atoms with van der Waals surface area (Å²) in [5, 5.41) is 21.6. The minimum atomic E-state index is -4.40. The molecule has 0 fully saturated rings. The zero-order chi connectivity index (χ0) is 18.5. The molecule has 0 aromatic heterocycles. The van der Waals surface area contributed by atoms with Crippen LogP contribution in [0.5, 0.6) is 0 Å². The van der Waals surface area contributed by atoms with Crippen LogP contribution in [0.25, 0.3) is 0 Å². The summed E-state index contributed by atoms with van der Waals surface area (Å²) >= 11 is 10.6. The van der Waals surface area contributed by atoms with Gasteiger partial charge in [-0.05, 0) is 0 Å². The molecule has 0 aliphatic heterocycles. The van der Waals surface area contributed by atoms with Gasteiger partial charge in [0, 0.05) is 37.5 Å². The van der Waals surface area contributed by atoms with E-state index in [1.54, 1.807) is 0 Å². The summed E-state index contributed by atoms with van der Waals surface area (Å²) in [6.45, 7) is 3.63. The third kappa shape index (κ3) is 7.94. The standard InChI is InChI=1S/C10H17Cl2N2O8P/c1-9(2,13(15)16)6-21-23(19,20-5-8(11)12)22-7-10(3,4)14(17)18/h5H,6-7H2,1-4H3. The van der Waals surface area contributed by atoms with Gasteiger partial charge in [-0.3, -0.25) is 29.3 Å². The van der Waals surface area contributed by atoms with Crippen molar-refractivity contribution in [2.75, 3.05) is 13.2 Å². The maximum atomic E-state index is 12.4. The van der Waals surface area contributed by atoms with E-state index in [0.29, 0.717) is 6.26 Å². The first kappa shape index (κ1) is 22.1. The molecule has 0 radical (unpaired) electrons. The van der Waals surface area contributed by atoms with Gasteiger partial charge < -0.3 is 4.52 Å². The second kappa shape index (κ2) is 8.25. The molecule has 0 heterocycles. The Morgan fingerprint density at radius 2 is 1.39 bits per heavy atom. The number of phosphoric ester groups is 1. The minimum absolute atomic E-state index is 0.417. The smallest absolute Gasteiger partial charge is 0.409 e. The molecule has 134 valence electrons. The molecule has 13 heteroatoms. The molecule has 0 saturated carbocycles. The lowest BCUT2D eigenvalue weighted by atomic mass is 10.1. The molecule has 0 amide bonds. The highest BCUT2D eigenvalue weighted by Crippen LogP contribution is 2.51. The van der Waals surface area contributed by atoms with Crippen LogP contribution >= 0.6 is 31.0 Å². The number of nitro groups is 2. The van der Waals surface area contributed by atoms with Crippen molar-refractivity contribution in [2.24, 2.45) is 0 Å². The van der Waals surface area contributed by atoms with Crippen LogP contribution in [0.1, 0.15) is 27.7 Å². The second-order valence-electron chi connectivity index (χ2n) is 5.65. The summed E-state index contributed by atoms with van der Waals surface area (Å²) in [6.07, 6.45) is 0.641. The van der Waals surface area contributed by atoms with Gasteiger partial charge in [0.2, 0.25) is 11.1 Å². The summed E-state index contributed by atoms with van der Waals surface area (Å²) in [5.41, 5.74) is -3.18. The number of hydrogen-bond acceptors (Lipinski definition) is 8. The molecule has 10 nitrogen and oxygen atoms in total. The average molecular weight is 395 g/mol. The van der Waals surface area contributed by atoms with Gasteiger partial charge in [0.15, 0.2) is 0 Å². The van der Waals surface area contributed by atoms with E-state index in [9.17, 15) is 24.8 Å². The Morgan fingerprint density at radius 3 is 1.65 bits per heavy atom. The summed E-state index contributed by atoms with van der Waals surface area (Å²) < 4.78 is 26.4. The molecule has 0 atom stereocenters. The quantitative estimate of drug-likeness (QED) is 0.238. The van der Waals surface area contributed by atoms with E-state index in [2.05, 4.69) is 4.52 Å². The first-order chi connectivity index (χ1) is 10.2. The number of hydrogen-bond donors (Lipinski definition) is 0. The Kier molecular flexibility index (Phi) is 7.92. The van der Waals surface area contributed by atoms with Crippen molar-refractivity contribution in [3.8, 4) is 0 Å².